The maximum atomic E-state index is 12.6. The summed E-state index contributed by atoms with van der Waals surface area (Å²) in [6.45, 7) is 8.00. The molecule has 5 nitrogen and oxygen atoms in total. The van der Waals surface area contributed by atoms with Crippen LogP contribution in [0.25, 0.3) is 0 Å². The number of hydrogen-bond acceptors (Lipinski definition) is 3. The lowest BCUT2D eigenvalue weighted by Gasteiger charge is -2.28. The van der Waals surface area contributed by atoms with Crippen molar-refractivity contribution in [3.8, 4) is 0 Å². The molecular formula is C20H29N3O2. The number of nitrogens with two attached hydrogens (primary N) is 1. The van der Waals surface area contributed by atoms with Crippen molar-refractivity contribution in [3.63, 3.8) is 0 Å². The molecule has 2 saturated heterocycles. The first kappa shape index (κ1) is 17.9. The van der Waals surface area contributed by atoms with Crippen LogP contribution in [0.5, 0.6) is 0 Å². The molecule has 25 heavy (non-hydrogen) atoms. The number of nitrogens with zero attached hydrogens (tertiary/aromatic N) is 2. The van der Waals surface area contributed by atoms with Crippen molar-refractivity contribution < 1.29 is 9.59 Å². The highest BCUT2D eigenvalue weighted by Crippen LogP contribution is 2.33. The zero-order valence-corrected chi connectivity index (χ0v) is 15.3. The lowest BCUT2D eigenvalue weighted by molar-refractivity contribution is -0.146. The van der Waals surface area contributed by atoms with E-state index in [2.05, 4.69) is 35.2 Å². The van der Waals surface area contributed by atoms with Crippen molar-refractivity contribution in [1.29, 1.82) is 0 Å². The highest BCUT2D eigenvalue weighted by Gasteiger charge is 2.45. The molecule has 2 atom stereocenters. The fourth-order valence-corrected chi connectivity index (χ4v) is 4.09. The van der Waals surface area contributed by atoms with Crippen LogP contribution in [0.3, 0.4) is 0 Å². The third-order valence-electron chi connectivity index (χ3n) is 5.78. The van der Waals surface area contributed by atoms with Crippen LogP contribution in [0, 0.1) is 17.3 Å². The number of rotatable bonds is 6. The minimum absolute atomic E-state index is 0.120. The molecular weight excluding hydrogens is 314 g/mol. The van der Waals surface area contributed by atoms with E-state index < -0.39 is 11.3 Å². The number of carbonyl (C=O) groups is 2. The van der Waals surface area contributed by atoms with Gasteiger partial charge in [0.25, 0.3) is 0 Å². The normalized spacial score (nSPS) is 23.7. The van der Waals surface area contributed by atoms with E-state index in [0.29, 0.717) is 11.8 Å². The Morgan fingerprint density at radius 1 is 1.08 bits per heavy atom. The van der Waals surface area contributed by atoms with Gasteiger partial charge in [0, 0.05) is 26.2 Å². The second kappa shape index (κ2) is 7.16. The molecule has 2 aliphatic rings. The molecule has 0 bridgehead atoms. The molecule has 0 spiro atoms. The van der Waals surface area contributed by atoms with E-state index in [0.717, 1.165) is 39.1 Å². The Morgan fingerprint density at radius 2 is 1.68 bits per heavy atom. The third kappa shape index (κ3) is 3.87. The summed E-state index contributed by atoms with van der Waals surface area (Å²) >= 11 is 0. The van der Waals surface area contributed by atoms with Crippen molar-refractivity contribution in [2.24, 2.45) is 23.0 Å². The summed E-state index contributed by atoms with van der Waals surface area (Å²) < 4.78 is 0. The maximum Gasteiger partial charge on any atom is 0.237 e. The topological polar surface area (TPSA) is 66.6 Å². The Hall–Kier alpha value is -1.88. The summed E-state index contributed by atoms with van der Waals surface area (Å²) in [5, 5.41) is 0. The molecule has 0 aromatic heterocycles. The molecule has 2 N–H and O–H groups in total. The molecule has 1 aromatic rings. The van der Waals surface area contributed by atoms with Gasteiger partial charge >= 0.3 is 0 Å². The molecule has 3 rings (SSSR count). The predicted octanol–water partition coefficient (Wildman–Crippen LogP) is 1.52. The monoisotopic (exact) mass is 343 g/mol. The van der Waals surface area contributed by atoms with Crippen LogP contribution in [-0.4, -0.2) is 54.3 Å². The van der Waals surface area contributed by atoms with Gasteiger partial charge in [-0.15, -0.1) is 0 Å². The highest BCUT2D eigenvalue weighted by molar-refractivity contribution is 6.03. The van der Waals surface area contributed by atoms with E-state index in [1.54, 1.807) is 13.8 Å². The van der Waals surface area contributed by atoms with Crippen molar-refractivity contribution >= 4 is 11.8 Å². The summed E-state index contributed by atoms with van der Waals surface area (Å²) in [7, 11) is 0. The molecule has 1 aromatic carbocycles. The summed E-state index contributed by atoms with van der Waals surface area (Å²) in [6.07, 6.45) is 2.28. The SMILES string of the molecule is CC(C)(C(N)=O)C(=O)N1CC2CN(CCCc3ccccc3)C[C@H]2C1. The molecule has 1 unspecified atom stereocenters. The van der Waals surface area contributed by atoms with Crippen molar-refractivity contribution in [2.45, 2.75) is 26.7 Å². The third-order valence-corrected chi connectivity index (χ3v) is 5.78. The Balaban J connectivity index is 1.45. The molecule has 5 heteroatoms. The average Bonchev–Trinajstić information content (AvgIpc) is 3.13. The average molecular weight is 343 g/mol. The molecule has 0 aliphatic carbocycles. The lowest BCUT2D eigenvalue weighted by Crippen LogP contribution is -2.47. The predicted molar refractivity (Wildman–Crippen MR) is 97.7 cm³/mol. The van der Waals surface area contributed by atoms with Gasteiger partial charge in [-0.2, -0.15) is 0 Å². The second-order valence-corrected chi connectivity index (χ2v) is 8.07. The van der Waals surface area contributed by atoms with Gasteiger partial charge in [0.15, 0.2) is 0 Å². The molecule has 2 fully saturated rings. The Kier molecular flexibility index (Phi) is 5.13. The van der Waals surface area contributed by atoms with Gasteiger partial charge in [0.2, 0.25) is 11.8 Å². The highest BCUT2D eigenvalue weighted by atomic mass is 16.2. The molecule has 0 radical (unpaired) electrons. The largest absolute Gasteiger partial charge is 0.369 e. The van der Waals surface area contributed by atoms with Gasteiger partial charge in [-0.3, -0.25) is 9.59 Å². The van der Waals surface area contributed by atoms with E-state index in [-0.39, 0.29) is 5.91 Å². The summed E-state index contributed by atoms with van der Waals surface area (Å²) in [6, 6.07) is 10.6. The molecule has 2 aliphatic heterocycles. The van der Waals surface area contributed by atoms with Crippen LogP contribution >= 0.6 is 0 Å². The fourth-order valence-electron chi connectivity index (χ4n) is 4.09. The van der Waals surface area contributed by atoms with Gasteiger partial charge in [0.05, 0.1) is 0 Å². The summed E-state index contributed by atoms with van der Waals surface area (Å²) in [4.78, 5) is 28.5. The quantitative estimate of drug-likeness (QED) is 0.797. The van der Waals surface area contributed by atoms with E-state index in [1.807, 2.05) is 4.90 Å². The van der Waals surface area contributed by atoms with Crippen molar-refractivity contribution in [2.75, 3.05) is 32.7 Å². The summed E-state index contributed by atoms with van der Waals surface area (Å²) in [5.74, 6) is 0.399. The minimum Gasteiger partial charge on any atom is -0.369 e. The molecule has 2 amide bonds. The molecule has 0 saturated carbocycles. The van der Waals surface area contributed by atoms with Gasteiger partial charge in [-0.05, 0) is 50.6 Å². The van der Waals surface area contributed by atoms with E-state index >= 15 is 0 Å². The number of fused-ring (bicyclic) bond motifs is 1. The molecule has 136 valence electrons. The number of primary amides is 1. The van der Waals surface area contributed by atoms with Gasteiger partial charge in [0.1, 0.15) is 5.41 Å². The van der Waals surface area contributed by atoms with Gasteiger partial charge in [-0.1, -0.05) is 30.3 Å². The number of aryl methyl sites for hydroxylation is 1. The lowest BCUT2D eigenvalue weighted by atomic mass is 9.91. The first-order chi connectivity index (χ1) is 11.9. The number of benzene rings is 1. The van der Waals surface area contributed by atoms with Crippen LogP contribution < -0.4 is 5.73 Å². The number of likely N-dealkylation sites (tertiary alicyclic amines) is 2. The first-order valence-electron chi connectivity index (χ1n) is 9.23. The van der Waals surface area contributed by atoms with Crippen LogP contribution in [0.4, 0.5) is 0 Å². The maximum absolute atomic E-state index is 12.6. The number of amides is 2. The second-order valence-electron chi connectivity index (χ2n) is 8.07. The fraction of sp³-hybridized carbons (Fsp3) is 0.600. The number of carbonyl (C=O) groups excluding carboxylic acids is 2. The Morgan fingerprint density at radius 3 is 2.24 bits per heavy atom. The minimum atomic E-state index is -1.10. The summed E-state index contributed by atoms with van der Waals surface area (Å²) in [5.41, 5.74) is 5.68. The van der Waals surface area contributed by atoms with E-state index in [9.17, 15) is 9.59 Å². The Labute approximate surface area is 150 Å². The zero-order valence-electron chi connectivity index (χ0n) is 15.3. The van der Waals surface area contributed by atoms with E-state index in [4.69, 9.17) is 5.73 Å². The van der Waals surface area contributed by atoms with Crippen LogP contribution in [0.2, 0.25) is 0 Å². The molecule has 2 heterocycles. The smallest absolute Gasteiger partial charge is 0.237 e. The van der Waals surface area contributed by atoms with Crippen LogP contribution in [0.1, 0.15) is 25.8 Å². The van der Waals surface area contributed by atoms with Crippen LogP contribution in [0.15, 0.2) is 30.3 Å². The first-order valence-corrected chi connectivity index (χ1v) is 9.23. The van der Waals surface area contributed by atoms with Gasteiger partial charge in [-0.25, -0.2) is 0 Å². The van der Waals surface area contributed by atoms with Gasteiger partial charge < -0.3 is 15.5 Å². The van der Waals surface area contributed by atoms with Crippen LogP contribution in [-0.2, 0) is 16.0 Å². The van der Waals surface area contributed by atoms with E-state index in [1.165, 1.54) is 12.0 Å². The van der Waals surface area contributed by atoms with Crippen molar-refractivity contribution in [3.05, 3.63) is 35.9 Å². The Bertz CT molecular complexity index is 615. The standard InChI is InChI=1S/C20H29N3O2/c1-20(2,18(21)24)19(25)23-13-16-11-22(12-17(16)14-23)10-6-9-15-7-4-3-5-8-15/h3-5,7-8,16-17H,6,9-14H2,1-2H3,(H2,21,24)/t16-,17?/m0/s1. The number of hydrogen-bond donors (Lipinski definition) is 1. The zero-order chi connectivity index (χ0) is 18.0. The van der Waals surface area contributed by atoms with Crippen molar-refractivity contribution in [1.82, 2.24) is 9.80 Å².